The summed E-state index contributed by atoms with van der Waals surface area (Å²) >= 11 is 0. The molecule has 0 aliphatic heterocycles. The zero-order valence-corrected chi connectivity index (χ0v) is 15.1. The highest BCUT2D eigenvalue weighted by Gasteiger charge is 2.36. The quantitative estimate of drug-likeness (QED) is 0.761. The van der Waals surface area contributed by atoms with E-state index >= 15 is 0 Å². The first-order valence-corrected chi connectivity index (χ1v) is 8.32. The van der Waals surface area contributed by atoms with Crippen LogP contribution in [0.4, 0.5) is 9.59 Å². The molecule has 0 aromatic heterocycles. The molecule has 1 saturated carbocycles. The predicted molar refractivity (Wildman–Crippen MR) is 90.3 cm³/mol. The molecule has 0 bridgehead atoms. The average molecular weight is 328 g/mol. The number of hydrogen-bond acceptors (Lipinski definition) is 3. The van der Waals surface area contributed by atoms with Gasteiger partial charge in [0.05, 0.1) is 13.3 Å². The van der Waals surface area contributed by atoms with Gasteiger partial charge >= 0.3 is 12.1 Å². The van der Waals surface area contributed by atoms with Gasteiger partial charge in [-0.2, -0.15) is 0 Å². The van der Waals surface area contributed by atoms with Crippen LogP contribution in [0.3, 0.4) is 0 Å². The van der Waals surface area contributed by atoms with E-state index in [4.69, 9.17) is 5.11 Å². The van der Waals surface area contributed by atoms with E-state index in [2.05, 4.69) is 5.32 Å². The van der Waals surface area contributed by atoms with E-state index < -0.39 is 6.09 Å². The average Bonchev–Trinajstić information content (AvgIpc) is 2.42. The number of nitrogens with zero attached hydrogens (tertiary/aromatic N) is 3. The van der Waals surface area contributed by atoms with Crippen molar-refractivity contribution in [1.29, 1.82) is 0 Å². The SMILES string of the molecule is CN(C)CN(CNC(=O)O)C(=O)N(C1CCCCC1)C(C)(C)C. The van der Waals surface area contributed by atoms with Gasteiger partial charge in [-0.25, -0.2) is 9.59 Å². The monoisotopic (exact) mass is 328 g/mol. The molecular weight excluding hydrogens is 296 g/mol. The van der Waals surface area contributed by atoms with E-state index in [1.165, 1.54) is 6.42 Å². The summed E-state index contributed by atoms with van der Waals surface area (Å²) in [4.78, 5) is 29.3. The molecule has 0 aromatic carbocycles. The molecule has 0 saturated heterocycles. The van der Waals surface area contributed by atoms with Crippen LogP contribution >= 0.6 is 0 Å². The van der Waals surface area contributed by atoms with Gasteiger partial charge in [0, 0.05) is 11.6 Å². The molecule has 1 fully saturated rings. The van der Waals surface area contributed by atoms with Gasteiger partial charge in [0.2, 0.25) is 0 Å². The summed E-state index contributed by atoms with van der Waals surface area (Å²) in [5.74, 6) is 0. The summed E-state index contributed by atoms with van der Waals surface area (Å²) < 4.78 is 0. The van der Waals surface area contributed by atoms with Gasteiger partial charge in [-0.1, -0.05) is 19.3 Å². The van der Waals surface area contributed by atoms with Crippen molar-refractivity contribution >= 4 is 12.1 Å². The van der Waals surface area contributed by atoms with Gasteiger partial charge in [0.1, 0.15) is 0 Å². The van der Waals surface area contributed by atoms with Crippen LogP contribution in [0.15, 0.2) is 0 Å². The molecular formula is C16H32N4O3. The molecule has 0 radical (unpaired) electrons. The van der Waals surface area contributed by atoms with Crippen molar-refractivity contribution in [3.05, 3.63) is 0 Å². The van der Waals surface area contributed by atoms with Crippen molar-refractivity contribution in [2.45, 2.75) is 64.5 Å². The maximum atomic E-state index is 13.1. The zero-order valence-electron chi connectivity index (χ0n) is 15.1. The molecule has 0 aromatic rings. The number of amides is 3. The number of rotatable bonds is 5. The Morgan fingerprint density at radius 3 is 2.13 bits per heavy atom. The second kappa shape index (κ2) is 8.38. The van der Waals surface area contributed by atoms with Crippen LogP contribution in [0.25, 0.3) is 0 Å². The third-order valence-electron chi connectivity index (χ3n) is 4.01. The highest BCUT2D eigenvalue weighted by Crippen LogP contribution is 2.29. The van der Waals surface area contributed by atoms with Crippen LogP contribution in [0.2, 0.25) is 0 Å². The molecule has 23 heavy (non-hydrogen) atoms. The fourth-order valence-corrected chi connectivity index (χ4v) is 3.17. The minimum absolute atomic E-state index is 0.00829. The summed E-state index contributed by atoms with van der Waals surface area (Å²) in [6.45, 7) is 6.48. The van der Waals surface area contributed by atoms with Gasteiger partial charge in [0.25, 0.3) is 0 Å². The van der Waals surface area contributed by atoms with Gasteiger partial charge < -0.3 is 15.3 Å². The molecule has 2 N–H and O–H groups in total. The van der Waals surface area contributed by atoms with Crippen LogP contribution in [-0.2, 0) is 0 Å². The highest BCUT2D eigenvalue weighted by atomic mass is 16.4. The van der Waals surface area contributed by atoms with Crippen LogP contribution in [-0.4, -0.2) is 70.9 Å². The van der Waals surface area contributed by atoms with Gasteiger partial charge in [0.15, 0.2) is 0 Å². The number of urea groups is 1. The van der Waals surface area contributed by atoms with Gasteiger partial charge in [-0.05, 0) is 47.7 Å². The van der Waals surface area contributed by atoms with Crippen LogP contribution in [0.1, 0.15) is 52.9 Å². The van der Waals surface area contributed by atoms with Gasteiger partial charge in [-0.15, -0.1) is 0 Å². The summed E-state index contributed by atoms with van der Waals surface area (Å²) in [5, 5.41) is 11.2. The number of carboxylic acid groups (broad SMARTS) is 1. The molecule has 0 spiro atoms. The van der Waals surface area contributed by atoms with Crippen molar-refractivity contribution in [3.8, 4) is 0 Å². The molecule has 7 nitrogen and oxygen atoms in total. The minimum Gasteiger partial charge on any atom is -0.465 e. The third kappa shape index (κ3) is 6.25. The molecule has 0 atom stereocenters. The zero-order chi connectivity index (χ0) is 17.6. The van der Waals surface area contributed by atoms with Crippen molar-refractivity contribution in [3.63, 3.8) is 0 Å². The lowest BCUT2D eigenvalue weighted by molar-refractivity contribution is 0.0535. The van der Waals surface area contributed by atoms with E-state index in [1.54, 1.807) is 4.90 Å². The maximum Gasteiger partial charge on any atom is 0.406 e. The van der Waals surface area contributed by atoms with Crippen LogP contribution in [0, 0.1) is 0 Å². The first-order valence-electron chi connectivity index (χ1n) is 8.32. The first-order chi connectivity index (χ1) is 10.6. The molecule has 1 aliphatic carbocycles. The largest absolute Gasteiger partial charge is 0.465 e. The summed E-state index contributed by atoms with van der Waals surface area (Å²) in [7, 11) is 3.73. The summed E-state index contributed by atoms with van der Waals surface area (Å²) in [6, 6.07) is 0.123. The lowest BCUT2D eigenvalue weighted by Gasteiger charge is -2.45. The summed E-state index contributed by atoms with van der Waals surface area (Å²) in [6.07, 6.45) is 4.43. The fraction of sp³-hybridized carbons (Fsp3) is 0.875. The molecule has 134 valence electrons. The minimum atomic E-state index is -1.12. The molecule has 0 heterocycles. The van der Waals surface area contributed by atoms with Crippen LogP contribution in [0.5, 0.6) is 0 Å². The first kappa shape index (κ1) is 19.5. The van der Waals surface area contributed by atoms with Crippen molar-refractivity contribution in [2.75, 3.05) is 27.4 Å². The van der Waals surface area contributed by atoms with Gasteiger partial charge in [-0.3, -0.25) is 9.80 Å². The Kier molecular flexibility index (Phi) is 7.12. The molecule has 7 heteroatoms. The van der Waals surface area contributed by atoms with E-state index in [9.17, 15) is 9.59 Å². The Morgan fingerprint density at radius 1 is 1.13 bits per heavy atom. The Morgan fingerprint density at radius 2 is 1.70 bits per heavy atom. The summed E-state index contributed by atoms with van der Waals surface area (Å²) in [5.41, 5.74) is -0.299. The van der Waals surface area contributed by atoms with E-state index in [0.717, 1.165) is 25.7 Å². The fourth-order valence-electron chi connectivity index (χ4n) is 3.17. The second-order valence-electron chi connectivity index (χ2n) is 7.52. The Balaban J connectivity index is 2.94. The van der Waals surface area contributed by atoms with Crippen molar-refractivity contribution < 1.29 is 14.7 Å². The molecule has 3 amide bonds. The maximum absolute atomic E-state index is 13.1. The standard InChI is InChI=1S/C16H32N4O3/c1-16(2,3)20(13-9-7-6-8-10-13)15(23)19(12-18(4)5)11-17-14(21)22/h13,17H,6-12H2,1-5H3,(H,21,22). The topological polar surface area (TPSA) is 76.1 Å². The highest BCUT2D eigenvalue weighted by molar-refractivity contribution is 5.76. The molecule has 1 aliphatic rings. The van der Waals surface area contributed by atoms with Crippen LogP contribution < -0.4 is 5.32 Å². The van der Waals surface area contributed by atoms with Crippen molar-refractivity contribution in [1.82, 2.24) is 20.0 Å². The lowest BCUT2D eigenvalue weighted by Crippen LogP contribution is -2.59. The normalized spacial score (nSPS) is 16.3. The Hall–Kier alpha value is -1.50. The smallest absolute Gasteiger partial charge is 0.406 e. The predicted octanol–water partition coefficient (Wildman–Crippen LogP) is 2.59. The third-order valence-corrected chi connectivity index (χ3v) is 4.01. The van der Waals surface area contributed by atoms with E-state index in [0.29, 0.717) is 6.67 Å². The number of nitrogens with one attached hydrogen (secondary N) is 1. The molecule has 1 rings (SSSR count). The lowest BCUT2D eigenvalue weighted by atomic mass is 9.91. The number of hydrogen-bond donors (Lipinski definition) is 2. The number of carbonyl (C=O) groups is 2. The second-order valence-corrected chi connectivity index (χ2v) is 7.52. The Labute approximate surface area is 139 Å². The van der Waals surface area contributed by atoms with E-state index in [1.807, 2.05) is 44.7 Å². The number of carbonyl (C=O) groups excluding carboxylic acids is 1. The molecule has 0 unspecified atom stereocenters. The van der Waals surface area contributed by atoms with E-state index in [-0.39, 0.29) is 24.3 Å². The Bertz CT molecular complexity index is 401. The van der Waals surface area contributed by atoms with Crippen molar-refractivity contribution in [2.24, 2.45) is 0 Å².